The number of carbonyl (C=O) groups is 2. The van der Waals surface area contributed by atoms with Gasteiger partial charge in [0.25, 0.3) is 0 Å². The number of carboxylic acids is 1. The predicted molar refractivity (Wildman–Crippen MR) is 57.0 cm³/mol. The third-order valence-corrected chi connectivity index (χ3v) is 2.74. The summed E-state index contributed by atoms with van der Waals surface area (Å²) in [7, 11) is 1.61. The summed E-state index contributed by atoms with van der Waals surface area (Å²) >= 11 is 0. The maximum absolute atomic E-state index is 11.6. The molecule has 3 N–H and O–H groups in total. The zero-order chi connectivity index (χ0) is 12.1. The average Bonchev–Trinajstić information content (AvgIpc) is 2.73. The van der Waals surface area contributed by atoms with Gasteiger partial charge in [-0.2, -0.15) is 0 Å². The molecule has 3 unspecified atom stereocenters. The number of rotatable bonds is 5. The van der Waals surface area contributed by atoms with E-state index in [1.54, 1.807) is 14.0 Å². The number of nitrogens with one attached hydrogen (secondary N) is 2. The summed E-state index contributed by atoms with van der Waals surface area (Å²) < 4.78 is 5.12. The highest BCUT2D eigenvalue weighted by molar-refractivity contribution is 5.82. The molecule has 1 aliphatic rings. The summed E-state index contributed by atoms with van der Waals surface area (Å²) in [6.45, 7) is 2.37. The summed E-state index contributed by atoms with van der Waals surface area (Å²) in [5.41, 5.74) is 0. The number of carbonyl (C=O) groups excluding carboxylic acids is 1. The standard InChI is InChI=1S/C10H18N2O4/c1-6(10(14)15)4-12-9(13)8-3-7(16-2)5-11-8/h6-8,11H,3-5H2,1-2H3,(H,12,13)(H,14,15). The Kier molecular flexibility index (Phi) is 4.70. The maximum Gasteiger partial charge on any atom is 0.308 e. The highest BCUT2D eigenvalue weighted by Crippen LogP contribution is 2.09. The van der Waals surface area contributed by atoms with Crippen LogP contribution < -0.4 is 10.6 Å². The van der Waals surface area contributed by atoms with Crippen LogP contribution in [0, 0.1) is 5.92 Å². The molecule has 3 atom stereocenters. The molecule has 0 bridgehead atoms. The minimum atomic E-state index is -0.908. The van der Waals surface area contributed by atoms with Gasteiger partial charge in [0.15, 0.2) is 0 Å². The van der Waals surface area contributed by atoms with Crippen LogP contribution in [-0.2, 0) is 14.3 Å². The van der Waals surface area contributed by atoms with Gasteiger partial charge in [-0.25, -0.2) is 0 Å². The van der Waals surface area contributed by atoms with E-state index in [2.05, 4.69) is 10.6 Å². The predicted octanol–water partition coefficient (Wildman–Crippen LogP) is -0.800. The van der Waals surface area contributed by atoms with Crippen molar-refractivity contribution in [2.45, 2.75) is 25.5 Å². The third kappa shape index (κ3) is 3.46. The minimum absolute atomic E-state index is 0.0626. The van der Waals surface area contributed by atoms with Gasteiger partial charge >= 0.3 is 5.97 Å². The molecule has 0 aromatic rings. The monoisotopic (exact) mass is 230 g/mol. The first-order chi connectivity index (χ1) is 7.54. The Hall–Kier alpha value is -1.14. The van der Waals surface area contributed by atoms with Crippen molar-refractivity contribution in [2.24, 2.45) is 5.92 Å². The Morgan fingerprint density at radius 2 is 2.31 bits per heavy atom. The molecule has 1 aliphatic heterocycles. The molecule has 6 heteroatoms. The lowest BCUT2D eigenvalue weighted by molar-refractivity contribution is -0.141. The molecule has 1 heterocycles. The van der Waals surface area contributed by atoms with E-state index < -0.39 is 11.9 Å². The second kappa shape index (κ2) is 5.81. The first-order valence-electron chi connectivity index (χ1n) is 5.31. The molecule has 1 saturated heterocycles. The van der Waals surface area contributed by atoms with Crippen molar-refractivity contribution in [3.05, 3.63) is 0 Å². The van der Waals surface area contributed by atoms with Crippen molar-refractivity contribution in [3.8, 4) is 0 Å². The van der Waals surface area contributed by atoms with Gasteiger partial charge in [-0.05, 0) is 6.42 Å². The van der Waals surface area contributed by atoms with Crippen molar-refractivity contribution in [3.63, 3.8) is 0 Å². The Labute approximate surface area is 94.3 Å². The Morgan fingerprint density at radius 1 is 1.62 bits per heavy atom. The maximum atomic E-state index is 11.6. The fraction of sp³-hybridized carbons (Fsp3) is 0.800. The molecule has 0 radical (unpaired) electrons. The van der Waals surface area contributed by atoms with Crippen LogP contribution in [0.15, 0.2) is 0 Å². The van der Waals surface area contributed by atoms with Crippen LogP contribution in [0.3, 0.4) is 0 Å². The lowest BCUT2D eigenvalue weighted by atomic mass is 10.1. The van der Waals surface area contributed by atoms with Gasteiger partial charge in [-0.15, -0.1) is 0 Å². The molecule has 0 spiro atoms. The lowest BCUT2D eigenvalue weighted by Crippen LogP contribution is -2.42. The molecule has 0 aliphatic carbocycles. The van der Waals surface area contributed by atoms with E-state index in [1.807, 2.05) is 0 Å². The second-order valence-corrected chi connectivity index (χ2v) is 4.04. The molecule has 1 rings (SSSR count). The van der Waals surface area contributed by atoms with Crippen molar-refractivity contribution in [1.82, 2.24) is 10.6 Å². The van der Waals surface area contributed by atoms with Crippen molar-refractivity contribution < 1.29 is 19.4 Å². The minimum Gasteiger partial charge on any atom is -0.481 e. The zero-order valence-corrected chi connectivity index (χ0v) is 9.53. The van der Waals surface area contributed by atoms with Gasteiger partial charge in [-0.1, -0.05) is 6.92 Å². The van der Waals surface area contributed by atoms with Crippen LogP contribution in [0.5, 0.6) is 0 Å². The number of carboxylic acid groups (broad SMARTS) is 1. The van der Waals surface area contributed by atoms with E-state index >= 15 is 0 Å². The molecule has 6 nitrogen and oxygen atoms in total. The van der Waals surface area contributed by atoms with Crippen LogP contribution >= 0.6 is 0 Å². The van der Waals surface area contributed by atoms with Crippen LogP contribution in [0.2, 0.25) is 0 Å². The van der Waals surface area contributed by atoms with Gasteiger partial charge in [0.05, 0.1) is 18.1 Å². The second-order valence-electron chi connectivity index (χ2n) is 4.04. The first-order valence-corrected chi connectivity index (χ1v) is 5.31. The summed E-state index contributed by atoms with van der Waals surface area (Å²) in [5, 5.41) is 14.3. The van der Waals surface area contributed by atoms with Crippen LogP contribution in [0.25, 0.3) is 0 Å². The van der Waals surface area contributed by atoms with Crippen LogP contribution in [0.4, 0.5) is 0 Å². The van der Waals surface area contributed by atoms with Crippen molar-refractivity contribution in [1.29, 1.82) is 0 Å². The van der Waals surface area contributed by atoms with Gasteiger partial charge < -0.3 is 20.5 Å². The summed E-state index contributed by atoms with van der Waals surface area (Å²) in [6, 6.07) is -0.272. The van der Waals surface area contributed by atoms with E-state index in [9.17, 15) is 9.59 Å². The lowest BCUT2D eigenvalue weighted by Gasteiger charge is -2.12. The number of hydrogen-bond donors (Lipinski definition) is 3. The highest BCUT2D eigenvalue weighted by atomic mass is 16.5. The van der Waals surface area contributed by atoms with Crippen LogP contribution in [0.1, 0.15) is 13.3 Å². The number of ether oxygens (including phenoxy) is 1. The SMILES string of the molecule is COC1CNC(C(=O)NCC(C)C(=O)O)C1. The third-order valence-electron chi connectivity index (χ3n) is 2.74. The molecule has 16 heavy (non-hydrogen) atoms. The zero-order valence-electron chi connectivity index (χ0n) is 9.53. The van der Waals surface area contributed by atoms with Crippen molar-refractivity contribution >= 4 is 11.9 Å². The van der Waals surface area contributed by atoms with E-state index in [1.165, 1.54) is 0 Å². The number of methoxy groups -OCH3 is 1. The van der Waals surface area contributed by atoms with Gasteiger partial charge in [-0.3, -0.25) is 9.59 Å². The molecule has 1 fully saturated rings. The summed E-state index contributed by atoms with van der Waals surface area (Å²) in [5.74, 6) is -1.63. The molecular formula is C10H18N2O4. The van der Waals surface area contributed by atoms with Gasteiger partial charge in [0.2, 0.25) is 5.91 Å². The quantitative estimate of drug-likeness (QED) is 0.575. The summed E-state index contributed by atoms with van der Waals surface area (Å²) in [6.07, 6.45) is 0.691. The highest BCUT2D eigenvalue weighted by Gasteiger charge is 2.29. The Bertz CT molecular complexity index is 270. The first kappa shape index (κ1) is 12.9. The largest absolute Gasteiger partial charge is 0.481 e. The van der Waals surface area contributed by atoms with E-state index in [4.69, 9.17) is 9.84 Å². The Balaban J connectivity index is 2.28. The number of amides is 1. The fourth-order valence-electron chi connectivity index (χ4n) is 1.55. The van der Waals surface area contributed by atoms with E-state index in [0.717, 1.165) is 0 Å². The molecule has 0 saturated carbocycles. The molecule has 92 valence electrons. The summed E-state index contributed by atoms with van der Waals surface area (Å²) in [4.78, 5) is 22.2. The fourth-order valence-corrected chi connectivity index (χ4v) is 1.55. The molecule has 0 aromatic heterocycles. The van der Waals surface area contributed by atoms with Crippen LogP contribution in [-0.4, -0.2) is 49.3 Å². The topological polar surface area (TPSA) is 87.7 Å². The number of hydrogen-bond acceptors (Lipinski definition) is 4. The Morgan fingerprint density at radius 3 is 2.81 bits per heavy atom. The van der Waals surface area contributed by atoms with Gasteiger partial charge in [0, 0.05) is 20.2 Å². The molecule has 0 aromatic carbocycles. The molecular weight excluding hydrogens is 212 g/mol. The van der Waals surface area contributed by atoms with Crippen molar-refractivity contribution in [2.75, 3.05) is 20.2 Å². The smallest absolute Gasteiger partial charge is 0.308 e. The molecule has 1 amide bonds. The van der Waals surface area contributed by atoms with E-state index in [-0.39, 0.29) is 24.6 Å². The van der Waals surface area contributed by atoms with E-state index in [0.29, 0.717) is 13.0 Å². The average molecular weight is 230 g/mol. The normalized spacial score (nSPS) is 26.4. The van der Waals surface area contributed by atoms with Gasteiger partial charge in [0.1, 0.15) is 0 Å². The number of aliphatic carboxylic acids is 1.